The molecule has 0 aliphatic heterocycles. The van der Waals surface area contributed by atoms with E-state index in [4.69, 9.17) is 0 Å². The molecule has 0 saturated carbocycles. The Morgan fingerprint density at radius 2 is 2.00 bits per heavy atom. The molecule has 0 bridgehead atoms. The maximum absolute atomic E-state index is 3.28. The molecule has 1 aliphatic rings. The van der Waals surface area contributed by atoms with Crippen LogP contribution in [0.2, 0.25) is 0 Å². The minimum absolute atomic E-state index is 0. The topological polar surface area (TPSA) is 0 Å². The normalized spacial score (nSPS) is 13.3. The van der Waals surface area contributed by atoms with Crippen molar-refractivity contribution in [3.05, 3.63) is 23.3 Å². The van der Waals surface area contributed by atoms with E-state index in [0.717, 1.165) is 12.8 Å². The quantitative estimate of drug-likeness (QED) is 0.433. The number of allylic oxidation sites excluding steroid dienone is 4. The van der Waals surface area contributed by atoms with Crippen LogP contribution in [0, 0.1) is 6.08 Å². The summed E-state index contributed by atoms with van der Waals surface area (Å²) in [5, 5.41) is 0. The second-order valence-electron chi connectivity index (χ2n) is 2.17. The Kier molecular flexibility index (Phi) is 14.7. The van der Waals surface area contributed by atoms with Gasteiger partial charge in [0, 0.05) is 0 Å². The van der Waals surface area contributed by atoms with E-state index in [2.05, 4.69) is 26.0 Å². The van der Waals surface area contributed by atoms with Crippen molar-refractivity contribution in [1.29, 1.82) is 0 Å². The molecule has 0 heterocycles. The van der Waals surface area contributed by atoms with Gasteiger partial charge in [0.1, 0.15) is 0 Å². The Morgan fingerprint density at radius 1 is 1.45 bits per heavy atom. The van der Waals surface area contributed by atoms with Gasteiger partial charge in [-0.1, -0.05) is 26.7 Å². The van der Waals surface area contributed by atoms with E-state index in [1.807, 2.05) is 0 Å². The molecule has 0 aromatic rings. The van der Waals surface area contributed by atoms with Crippen molar-refractivity contribution in [2.45, 2.75) is 26.7 Å². The first-order chi connectivity index (χ1) is 3.83. The van der Waals surface area contributed by atoms with Crippen LogP contribution in [0.1, 0.15) is 26.7 Å². The maximum atomic E-state index is 3.28. The minimum Gasteiger partial charge on any atom is -1.00 e. The molecule has 1 radical (unpaired) electrons. The maximum Gasteiger partial charge on any atom is 3.00 e. The Bertz CT molecular complexity index is 150. The van der Waals surface area contributed by atoms with E-state index >= 15 is 0 Å². The molecule has 0 saturated heterocycles. The summed E-state index contributed by atoms with van der Waals surface area (Å²) in [7, 11) is 0. The fourth-order valence-electron chi connectivity index (χ4n) is 0.890. The first-order valence-electron chi connectivity index (χ1n) is 3.11. The largest absolute Gasteiger partial charge is 3.00 e. The molecule has 0 amide bonds. The fraction of sp³-hybridized carbons (Fsp3) is 0.500. The van der Waals surface area contributed by atoms with Gasteiger partial charge in [0.25, 0.3) is 0 Å². The van der Waals surface area contributed by atoms with Crippen LogP contribution in [0.4, 0.5) is 0 Å². The first kappa shape index (κ1) is 17.9. The van der Waals surface area contributed by atoms with Crippen molar-refractivity contribution in [2.24, 2.45) is 0 Å². The molecule has 11 heavy (non-hydrogen) atoms. The standard InChI is InChI=1S/C8H11.2ClH.Zr/c1-3-8-5-4-7(2)6-8;;;/h4H,3,5H2,1-2H3;2*1H;/q-1;;;+3/p-2. The fourth-order valence-corrected chi connectivity index (χ4v) is 0.890. The summed E-state index contributed by atoms with van der Waals surface area (Å²) in [5.41, 5.74) is 2.75. The van der Waals surface area contributed by atoms with Crippen LogP contribution < -0.4 is 24.8 Å². The van der Waals surface area contributed by atoms with E-state index in [0.29, 0.717) is 0 Å². The third-order valence-electron chi connectivity index (χ3n) is 1.46. The van der Waals surface area contributed by atoms with Gasteiger partial charge in [0.15, 0.2) is 0 Å². The van der Waals surface area contributed by atoms with Crippen molar-refractivity contribution in [1.82, 2.24) is 0 Å². The summed E-state index contributed by atoms with van der Waals surface area (Å²) in [5.74, 6) is 0. The van der Waals surface area contributed by atoms with Gasteiger partial charge in [-0.3, -0.25) is 0 Å². The molecule has 3 heteroatoms. The molecule has 0 nitrogen and oxygen atoms in total. The van der Waals surface area contributed by atoms with E-state index in [-0.39, 0.29) is 51.0 Å². The summed E-state index contributed by atoms with van der Waals surface area (Å²) in [6.07, 6.45) is 7.80. The minimum atomic E-state index is 0. The Hall–Kier alpha value is 0.943. The Morgan fingerprint density at radius 3 is 2.18 bits per heavy atom. The number of hydrogen-bond acceptors (Lipinski definition) is 0. The third kappa shape index (κ3) is 6.14. The van der Waals surface area contributed by atoms with E-state index < -0.39 is 0 Å². The number of halogens is 2. The zero-order valence-electron chi connectivity index (χ0n) is 6.75. The Balaban J connectivity index is -0.000000213. The van der Waals surface area contributed by atoms with Crippen LogP contribution in [-0.2, 0) is 26.2 Å². The molecule has 0 N–H and O–H groups in total. The van der Waals surface area contributed by atoms with Crippen molar-refractivity contribution < 1.29 is 51.0 Å². The molecular formula is C8H11Cl2Zr. The predicted octanol–water partition coefficient (Wildman–Crippen LogP) is -3.52. The Labute approximate surface area is 100 Å². The average Bonchev–Trinajstić information content (AvgIpc) is 2.14. The molecule has 0 fully saturated rings. The number of rotatable bonds is 1. The van der Waals surface area contributed by atoms with Crippen molar-refractivity contribution in [3.63, 3.8) is 0 Å². The monoisotopic (exact) mass is 267 g/mol. The third-order valence-corrected chi connectivity index (χ3v) is 1.46. The smallest absolute Gasteiger partial charge is 1.00 e. The van der Waals surface area contributed by atoms with Crippen LogP contribution in [0.15, 0.2) is 17.2 Å². The molecule has 0 atom stereocenters. The second-order valence-corrected chi connectivity index (χ2v) is 2.17. The van der Waals surface area contributed by atoms with Crippen LogP contribution in [0.25, 0.3) is 0 Å². The van der Waals surface area contributed by atoms with Gasteiger partial charge in [0.2, 0.25) is 0 Å². The molecule has 0 unspecified atom stereocenters. The van der Waals surface area contributed by atoms with Crippen LogP contribution >= 0.6 is 0 Å². The zero-order valence-corrected chi connectivity index (χ0v) is 10.7. The SMILES string of the molecule is CCC1=[C-]C(C)=CC1.[Cl-].[Cl-].[Zr+3]. The zero-order chi connectivity index (χ0) is 5.98. The van der Waals surface area contributed by atoms with Gasteiger partial charge < -0.3 is 24.8 Å². The van der Waals surface area contributed by atoms with E-state index in [1.165, 1.54) is 11.1 Å². The van der Waals surface area contributed by atoms with Gasteiger partial charge in [-0.25, -0.2) is 17.7 Å². The van der Waals surface area contributed by atoms with E-state index in [1.54, 1.807) is 0 Å². The molecule has 0 aromatic carbocycles. The van der Waals surface area contributed by atoms with Gasteiger partial charge in [-0.05, 0) is 0 Å². The second kappa shape index (κ2) is 9.03. The first-order valence-corrected chi connectivity index (χ1v) is 3.11. The van der Waals surface area contributed by atoms with Crippen LogP contribution in [-0.4, -0.2) is 0 Å². The summed E-state index contributed by atoms with van der Waals surface area (Å²) in [4.78, 5) is 0. The van der Waals surface area contributed by atoms with Gasteiger partial charge in [-0.2, -0.15) is 5.57 Å². The predicted molar refractivity (Wildman–Crippen MR) is 35.4 cm³/mol. The van der Waals surface area contributed by atoms with Crippen LogP contribution in [0.5, 0.6) is 0 Å². The molecule has 0 spiro atoms. The van der Waals surface area contributed by atoms with E-state index in [9.17, 15) is 0 Å². The van der Waals surface area contributed by atoms with Crippen molar-refractivity contribution >= 4 is 0 Å². The van der Waals surface area contributed by atoms with Crippen molar-refractivity contribution in [2.75, 3.05) is 0 Å². The van der Waals surface area contributed by atoms with Crippen molar-refractivity contribution in [3.8, 4) is 0 Å². The molecular weight excluding hydrogens is 258 g/mol. The summed E-state index contributed by atoms with van der Waals surface area (Å²) in [6, 6.07) is 0. The summed E-state index contributed by atoms with van der Waals surface area (Å²) < 4.78 is 0. The van der Waals surface area contributed by atoms with Crippen LogP contribution in [0.3, 0.4) is 0 Å². The molecule has 1 rings (SSSR count). The van der Waals surface area contributed by atoms with Gasteiger partial charge in [0.05, 0.1) is 0 Å². The van der Waals surface area contributed by atoms with Gasteiger partial charge >= 0.3 is 26.2 Å². The molecule has 0 aromatic heterocycles. The molecule has 61 valence electrons. The number of hydrogen-bond donors (Lipinski definition) is 0. The molecule has 1 aliphatic carbocycles. The summed E-state index contributed by atoms with van der Waals surface area (Å²) >= 11 is 0. The average molecular weight is 269 g/mol. The summed E-state index contributed by atoms with van der Waals surface area (Å²) in [6.45, 7) is 4.28. The van der Waals surface area contributed by atoms with Gasteiger partial charge in [-0.15, -0.1) is 0 Å².